The molecule has 1 aliphatic heterocycles. The van der Waals surface area contributed by atoms with E-state index in [4.69, 9.17) is 29.3 Å². The number of aromatic nitrogens is 1. The van der Waals surface area contributed by atoms with Gasteiger partial charge in [0.2, 0.25) is 12.7 Å². The first-order chi connectivity index (χ1) is 25.0. The van der Waals surface area contributed by atoms with E-state index in [1.165, 1.54) is 24.8 Å². The predicted octanol–water partition coefficient (Wildman–Crippen LogP) is 4.81. The molecule has 0 bridgehead atoms. The molecule has 0 spiro atoms. The van der Waals surface area contributed by atoms with E-state index in [1.54, 1.807) is 6.07 Å². The molecule has 2 aromatic carbocycles. The van der Waals surface area contributed by atoms with Gasteiger partial charge >= 0.3 is 29.2 Å². The SMILES string of the molecule is O=C(CCNCCc1ccc2c(c1)OCO2)N(CCNCCc1ccc(O)c2[nH]c(=O)sc12)C1CCCCC1.O=C(O)C(F)(F)F.O=C(O)C(F)(F)F. The standard InChI is InChI=1S/C29H38N4O5S.2C2HF3O2/c34-23-8-7-21(28-27(23)32-29(36)39-28)11-14-31-16-17-33(22-4-2-1-3-5-22)26(35)12-15-30-13-10-20-6-9-24-25(18-20)38-19-37-24;2*3-2(4,5)1(6)7/h6-9,18,22,30-31,34H,1-5,10-17,19H2,(H,32,36);2*(H,6,7). The Labute approximate surface area is 302 Å². The van der Waals surface area contributed by atoms with Crippen LogP contribution in [0, 0.1) is 0 Å². The number of nitrogens with zero attached hydrogens (tertiary/aromatic N) is 1. The summed E-state index contributed by atoms with van der Waals surface area (Å²) >= 11 is 1.13. The number of alkyl halides is 6. The average Bonchev–Trinajstić information content (AvgIpc) is 3.74. The maximum Gasteiger partial charge on any atom is 0.490 e. The van der Waals surface area contributed by atoms with Crippen LogP contribution < -0.4 is 25.0 Å². The van der Waals surface area contributed by atoms with Gasteiger partial charge in [-0.1, -0.05) is 42.7 Å². The van der Waals surface area contributed by atoms with Gasteiger partial charge in [-0.05, 0) is 68.1 Å². The number of ether oxygens (including phenoxy) is 2. The van der Waals surface area contributed by atoms with Gasteiger partial charge in [0.1, 0.15) is 11.3 Å². The predicted molar refractivity (Wildman–Crippen MR) is 180 cm³/mol. The number of thiazole rings is 1. The maximum absolute atomic E-state index is 13.2. The van der Waals surface area contributed by atoms with E-state index in [2.05, 4.69) is 26.6 Å². The number of benzene rings is 2. The average molecular weight is 783 g/mol. The van der Waals surface area contributed by atoms with Gasteiger partial charge in [0.15, 0.2) is 11.5 Å². The number of nitrogens with one attached hydrogen (secondary N) is 3. The van der Waals surface area contributed by atoms with Crippen molar-refractivity contribution in [3.05, 3.63) is 51.1 Å². The second kappa shape index (κ2) is 20.0. The Hall–Kier alpha value is -4.56. The van der Waals surface area contributed by atoms with E-state index in [-0.39, 0.29) is 23.3 Å². The zero-order chi connectivity index (χ0) is 39.2. The Bertz CT molecular complexity index is 1700. The summed E-state index contributed by atoms with van der Waals surface area (Å²) < 4.78 is 75.1. The summed E-state index contributed by atoms with van der Waals surface area (Å²) in [7, 11) is 0. The fourth-order valence-corrected chi connectivity index (χ4v) is 6.41. The van der Waals surface area contributed by atoms with E-state index in [9.17, 15) is 41.0 Å². The number of halogens is 6. The highest BCUT2D eigenvalue weighted by Crippen LogP contribution is 2.32. The van der Waals surface area contributed by atoms with Gasteiger partial charge in [0.05, 0.1) is 4.70 Å². The molecule has 0 saturated heterocycles. The number of aromatic hydroxyl groups is 1. The molecule has 0 atom stereocenters. The minimum absolute atomic E-state index is 0.101. The number of fused-ring (bicyclic) bond motifs is 2. The highest BCUT2D eigenvalue weighted by atomic mass is 32.1. The number of carbonyl (C=O) groups is 3. The summed E-state index contributed by atoms with van der Waals surface area (Å²) in [5.41, 5.74) is 2.73. The van der Waals surface area contributed by atoms with Crippen LogP contribution in [0.15, 0.2) is 35.1 Å². The molecule has 3 aromatic rings. The first kappa shape index (κ1) is 42.8. The lowest BCUT2D eigenvalue weighted by atomic mass is 9.94. The molecule has 1 aromatic heterocycles. The third-order valence-electron chi connectivity index (χ3n) is 8.10. The van der Waals surface area contributed by atoms with E-state index >= 15 is 0 Å². The van der Waals surface area contributed by atoms with Crippen LogP contribution in [0.25, 0.3) is 10.2 Å². The van der Waals surface area contributed by atoms with Crippen molar-refractivity contribution >= 4 is 39.4 Å². The van der Waals surface area contributed by atoms with Crippen LogP contribution in [-0.4, -0.2) is 101 Å². The van der Waals surface area contributed by atoms with Crippen molar-refractivity contribution in [2.45, 2.75) is 69.8 Å². The van der Waals surface area contributed by atoms with Crippen molar-refractivity contribution in [2.75, 3.05) is 39.5 Å². The molecule has 20 heteroatoms. The lowest BCUT2D eigenvalue weighted by Gasteiger charge is -2.34. The molecule has 294 valence electrons. The zero-order valence-electron chi connectivity index (χ0n) is 28.3. The summed E-state index contributed by atoms with van der Waals surface area (Å²) in [6.45, 7) is 3.91. The number of H-pyrrole nitrogens is 1. The Morgan fingerprint density at radius 2 is 1.45 bits per heavy atom. The van der Waals surface area contributed by atoms with Gasteiger partial charge in [-0.3, -0.25) is 9.59 Å². The van der Waals surface area contributed by atoms with Crippen molar-refractivity contribution in [1.82, 2.24) is 20.5 Å². The molecule has 1 amide bonds. The molecule has 5 rings (SSSR count). The summed E-state index contributed by atoms with van der Waals surface area (Å²) in [4.78, 5) is 47.4. The quantitative estimate of drug-likeness (QED) is 0.103. The maximum atomic E-state index is 13.2. The Balaban J connectivity index is 0.000000458. The lowest BCUT2D eigenvalue weighted by molar-refractivity contribution is -0.193. The smallest absolute Gasteiger partial charge is 0.490 e. The first-order valence-electron chi connectivity index (χ1n) is 16.5. The van der Waals surface area contributed by atoms with Gasteiger partial charge in [-0.2, -0.15) is 26.3 Å². The minimum atomic E-state index is -5.08. The third-order valence-corrected chi connectivity index (χ3v) is 9.06. The van der Waals surface area contributed by atoms with Crippen LogP contribution in [0.2, 0.25) is 0 Å². The monoisotopic (exact) mass is 782 g/mol. The van der Waals surface area contributed by atoms with Crippen LogP contribution in [0.4, 0.5) is 26.3 Å². The van der Waals surface area contributed by atoms with Crippen molar-refractivity contribution < 1.29 is 65.5 Å². The van der Waals surface area contributed by atoms with Crippen molar-refractivity contribution in [3.63, 3.8) is 0 Å². The molecule has 0 radical (unpaired) electrons. The van der Waals surface area contributed by atoms with Crippen LogP contribution in [0.5, 0.6) is 17.2 Å². The van der Waals surface area contributed by atoms with Crippen molar-refractivity contribution in [1.29, 1.82) is 0 Å². The lowest BCUT2D eigenvalue weighted by Crippen LogP contribution is -2.45. The van der Waals surface area contributed by atoms with Crippen LogP contribution in [-0.2, 0) is 27.2 Å². The number of carboxylic acids is 2. The molecule has 1 fully saturated rings. The van der Waals surface area contributed by atoms with Crippen LogP contribution in [0.1, 0.15) is 49.7 Å². The van der Waals surface area contributed by atoms with Gasteiger partial charge < -0.3 is 45.3 Å². The van der Waals surface area contributed by atoms with Gasteiger partial charge in [-0.15, -0.1) is 0 Å². The highest BCUT2D eigenvalue weighted by Gasteiger charge is 2.39. The fourth-order valence-electron chi connectivity index (χ4n) is 5.51. The molecular formula is C33H40F6N4O9S. The van der Waals surface area contributed by atoms with Gasteiger partial charge in [-0.25, -0.2) is 9.59 Å². The number of aliphatic carboxylic acids is 2. The Kier molecular flexibility index (Phi) is 16.2. The van der Waals surface area contributed by atoms with Crippen LogP contribution >= 0.6 is 11.3 Å². The van der Waals surface area contributed by atoms with E-state index < -0.39 is 24.3 Å². The van der Waals surface area contributed by atoms with E-state index in [0.29, 0.717) is 31.1 Å². The third kappa shape index (κ3) is 14.1. The summed E-state index contributed by atoms with van der Waals surface area (Å²) in [5.74, 6) is -3.59. The molecule has 53 heavy (non-hydrogen) atoms. The topological polar surface area (TPSA) is 191 Å². The van der Waals surface area contributed by atoms with Crippen molar-refractivity contribution in [2.24, 2.45) is 0 Å². The number of carbonyl (C=O) groups excluding carboxylic acids is 1. The van der Waals surface area contributed by atoms with E-state index in [1.807, 2.05) is 18.2 Å². The van der Waals surface area contributed by atoms with E-state index in [0.717, 1.165) is 78.4 Å². The molecule has 0 unspecified atom stereocenters. The minimum Gasteiger partial charge on any atom is -0.506 e. The number of phenols is 1. The molecule has 13 nitrogen and oxygen atoms in total. The number of phenolic OH excluding ortho intramolecular Hbond substituents is 1. The normalized spacial score (nSPS) is 14.2. The second-order valence-corrected chi connectivity index (χ2v) is 12.9. The van der Waals surface area contributed by atoms with Crippen molar-refractivity contribution in [3.8, 4) is 17.2 Å². The largest absolute Gasteiger partial charge is 0.506 e. The van der Waals surface area contributed by atoms with Gasteiger partial charge in [0, 0.05) is 32.1 Å². The number of rotatable bonds is 13. The number of carboxylic acid groups (broad SMARTS) is 2. The fraction of sp³-hybridized carbons (Fsp3) is 0.515. The van der Waals surface area contributed by atoms with Crippen LogP contribution in [0.3, 0.4) is 0 Å². The molecule has 2 heterocycles. The molecule has 6 N–H and O–H groups in total. The molecular weight excluding hydrogens is 742 g/mol. The summed E-state index contributed by atoms with van der Waals surface area (Å²) in [6, 6.07) is 9.87. The Morgan fingerprint density at radius 1 is 0.849 bits per heavy atom. The molecule has 1 saturated carbocycles. The number of hydrogen-bond acceptors (Lipinski definition) is 10. The molecule has 1 aliphatic carbocycles. The molecule has 2 aliphatic rings. The Morgan fingerprint density at radius 3 is 2.09 bits per heavy atom. The zero-order valence-corrected chi connectivity index (χ0v) is 29.1. The second-order valence-electron chi connectivity index (χ2n) is 11.9. The highest BCUT2D eigenvalue weighted by molar-refractivity contribution is 7.16. The number of aromatic amines is 1. The summed E-state index contributed by atoms with van der Waals surface area (Å²) in [5, 5.41) is 31.2. The first-order valence-corrected chi connectivity index (χ1v) is 17.3. The number of amides is 1. The number of hydrogen-bond donors (Lipinski definition) is 6. The van der Waals surface area contributed by atoms with Gasteiger partial charge in [0.25, 0.3) is 0 Å². The summed E-state index contributed by atoms with van der Waals surface area (Å²) in [6.07, 6.45) is -2.26.